The van der Waals surface area contributed by atoms with Gasteiger partial charge in [0.1, 0.15) is 0 Å². The van der Waals surface area contributed by atoms with Crippen LogP contribution in [0, 0.1) is 0 Å². The zero-order valence-corrected chi connectivity index (χ0v) is 12.2. The molecule has 19 heavy (non-hydrogen) atoms. The Morgan fingerprint density at radius 3 is 2.26 bits per heavy atom. The third-order valence-corrected chi connectivity index (χ3v) is 4.54. The van der Waals surface area contributed by atoms with Crippen LogP contribution in [0.15, 0.2) is 18.2 Å². The van der Waals surface area contributed by atoms with E-state index in [-0.39, 0.29) is 6.54 Å². The molecule has 0 spiro atoms. The van der Waals surface area contributed by atoms with Gasteiger partial charge in [0.2, 0.25) is 10.0 Å². The highest BCUT2D eigenvalue weighted by Gasteiger charge is 2.24. The molecule has 0 amide bonds. The first-order valence-corrected chi connectivity index (χ1v) is 7.95. The van der Waals surface area contributed by atoms with Gasteiger partial charge in [-0.25, -0.2) is 8.42 Å². The second-order valence-electron chi connectivity index (χ2n) is 4.65. The Labute approximate surface area is 114 Å². The fraction of sp³-hybridized carbons (Fsp3) is 0.538. The molecule has 0 saturated carbocycles. The maximum absolute atomic E-state index is 11.9. The van der Waals surface area contributed by atoms with Crippen LogP contribution in [0.1, 0.15) is 11.1 Å². The lowest BCUT2D eigenvalue weighted by atomic mass is 9.88. The number of fused-ring (bicyclic) bond motifs is 1. The van der Waals surface area contributed by atoms with Gasteiger partial charge >= 0.3 is 0 Å². The van der Waals surface area contributed by atoms with Crippen molar-refractivity contribution in [1.29, 1.82) is 0 Å². The molecule has 0 fully saturated rings. The van der Waals surface area contributed by atoms with Crippen LogP contribution in [0.3, 0.4) is 0 Å². The molecule has 0 aromatic heterocycles. The molecular weight excluding hydrogens is 266 g/mol. The number of rotatable bonds is 6. The van der Waals surface area contributed by atoms with Gasteiger partial charge in [0.25, 0.3) is 0 Å². The standard InChI is InChI=1S/C13H19NO4S/c1-17-13(18-2)9-14(19(3,15)16)12-7-6-10-4-5-11(10)8-12/h6-8,13H,4-5,9H2,1-3H3. The lowest BCUT2D eigenvalue weighted by Gasteiger charge is -2.28. The number of benzene rings is 1. The molecule has 0 bridgehead atoms. The highest BCUT2D eigenvalue weighted by molar-refractivity contribution is 7.92. The number of nitrogens with zero attached hydrogens (tertiary/aromatic N) is 1. The van der Waals surface area contributed by atoms with E-state index in [9.17, 15) is 8.42 Å². The van der Waals surface area contributed by atoms with Crippen LogP contribution in [-0.2, 0) is 32.3 Å². The minimum atomic E-state index is -3.37. The van der Waals surface area contributed by atoms with Crippen LogP contribution in [0.2, 0.25) is 0 Å². The van der Waals surface area contributed by atoms with Crippen LogP contribution < -0.4 is 4.31 Å². The normalized spacial score (nSPS) is 14.1. The van der Waals surface area contributed by atoms with Crippen molar-refractivity contribution in [3.05, 3.63) is 29.3 Å². The summed E-state index contributed by atoms with van der Waals surface area (Å²) in [4.78, 5) is 0. The smallest absolute Gasteiger partial charge is 0.232 e. The number of sulfonamides is 1. The summed E-state index contributed by atoms with van der Waals surface area (Å²) in [7, 11) is -0.381. The van der Waals surface area contributed by atoms with E-state index < -0.39 is 16.3 Å². The van der Waals surface area contributed by atoms with E-state index in [1.807, 2.05) is 18.2 Å². The predicted octanol–water partition coefficient (Wildman–Crippen LogP) is 1.17. The molecule has 1 aliphatic rings. The van der Waals surface area contributed by atoms with Gasteiger partial charge in [0, 0.05) is 14.2 Å². The second kappa shape index (κ2) is 5.48. The molecule has 1 aliphatic carbocycles. The summed E-state index contributed by atoms with van der Waals surface area (Å²) in [5, 5.41) is 0. The van der Waals surface area contributed by atoms with Gasteiger partial charge < -0.3 is 9.47 Å². The first-order valence-electron chi connectivity index (χ1n) is 6.11. The first-order chi connectivity index (χ1) is 8.95. The highest BCUT2D eigenvalue weighted by atomic mass is 32.2. The Kier molecular flexibility index (Phi) is 4.13. The van der Waals surface area contributed by atoms with Gasteiger partial charge in [0.05, 0.1) is 18.5 Å². The molecule has 0 N–H and O–H groups in total. The van der Waals surface area contributed by atoms with Crippen molar-refractivity contribution in [2.24, 2.45) is 0 Å². The van der Waals surface area contributed by atoms with E-state index in [1.165, 1.54) is 35.9 Å². The average molecular weight is 285 g/mol. The molecule has 106 valence electrons. The Morgan fingerprint density at radius 2 is 1.84 bits per heavy atom. The summed E-state index contributed by atoms with van der Waals surface area (Å²) in [6, 6.07) is 5.75. The van der Waals surface area contributed by atoms with Crippen LogP contribution in [0.25, 0.3) is 0 Å². The lowest BCUT2D eigenvalue weighted by Crippen LogP contribution is -2.38. The lowest BCUT2D eigenvalue weighted by molar-refractivity contribution is -0.0932. The summed E-state index contributed by atoms with van der Waals surface area (Å²) in [5.41, 5.74) is 3.19. The number of hydrogen-bond donors (Lipinski definition) is 0. The Balaban J connectivity index is 2.29. The average Bonchev–Trinajstić information content (AvgIpc) is 2.31. The van der Waals surface area contributed by atoms with Crippen molar-refractivity contribution in [1.82, 2.24) is 0 Å². The summed E-state index contributed by atoms with van der Waals surface area (Å²) < 4.78 is 35.4. The van der Waals surface area contributed by atoms with Gasteiger partial charge in [-0.3, -0.25) is 4.31 Å². The number of ether oxygens (including phenoxy) is 2. The van der Waals surface area contributed by atoms with Crippen LogP contribution >= 0.6 is 0 Å². The zero-order chi connectivity index (χ0) is 14.0. The minimum Gasteiger partial charge on any atom is -0.354 e. The topological polar surface area (TPSA) is 55.8 Å². The second-order valence-corrected chi connectivity index (χ2v) is 6.55. The maximum atomic E-state index is 11.9. The maximum Gasteiger partial charge on any atom is 0.232 e. The summed E-state index contributed by atoms with van der Waals surface area (Å²) >= 11 is 0. The van der Waals surface area contributed by atoms with Crippen LogP contribution in [-0.4, -0.2) is 41.7 Å². The van der Waals surface area contributed by atoms with E-state index in [0.717, 1.165) is 12.8 Å². The van der Waals surface area contributed by atoms with E-state index in [1.54, 1.807) is 0 Å². The number of methoxy groups -OCH3 is 2. The van der Waals surface area contributed by atoms with Crippen LogP contribution in [0.4, 0.5) is 5.69 Å². The first kappa shape index (κ1) is 14.3. The molecule has 0 saturated heterocycles. The van der Waals surface area contributed by atoms with E-state index in [2.05, 4.69) is 0 Å². The zero-order valence-electron chi connectivity index (χ0n) is 11.4. The molecule has 1 aromatic carbocycles. The van der Waals surface area contributed by atoms with E-state index in [4.69, 9.17) is 9.47 Å². The quantitative estimate of drug-likeness (QED) is 0.736. The van der Waals surface area contributed by atoms with Gasteiger partial charge in [-0.05, 0) is 36.1 Å². The molecule has 0 aliphatic heterocycles. The van der Waals surface area contributed by atoms with E-state index >= 15 is 0 Å². The Morgan fingerprint density at radius 1 is 1.21 bits per heavy atom. The number of aryl methyl sites for hydroxylation is 2. The number of hydrogen-bond acceptors (Lipinski definition) is 4. The van der Waals surface area contributed by atoms with Crippen molar-refractivity contribution < 1.29 is 17.9 Å². The fourth-order valence-electron chi connectivity index (χ4n) is 2.15. The predicted molar refractivity (Wildman–Crippen MR) is 73.8 cm³/mol. The van der Waals surface area contributed by atoms with Crippen molar-refractivity contribution in [2.75, 3.05) is 31.3 Å². The van der Waals surface area contributed by atoms with Crippen LogP contribution in [0.5, 0.6) is 0 Å². The molecular formula is C13H19NO4S. The van der Waals surface area contributed by atoms with Gasteiger partial charge in [-0.2, -0.15) is 0 Å². The van der Waals surface area contributed by atoms with Crippen molar-refractivity contribution >= 4 is 15.7 Å². The number of anilines is 1. The molecule has 1 aromatic rings. The molecule has 0 unspecified atom stereocenters. The van der Waals surface area contributed by atoms with Crippen molar-refractivity contribution in [3.8, 4) is 0 Å². The molecule has 6 heteroatoms. The minimum absolute atomic E-state index is 0.143. The summed E-state index contributed by atoms with van der Waals surface area (Å²) in [5.74, 6) is 0. The largest absolute Gasteiger partial charge is 0.354 e. The molecule has 5 nitrogen and oxygen atoms in total. The third-order valence-electron chi connectivity index (χ3n) is 3.38. The summed E-state index contributed by atoms with van der Waals surface area (Å²) in [6.07, 6.45) is 2.70. The fourth-order valence-corrected chi connectivity index (χ4v) is 3.04. The van der Waals surface area contributed by atoms with Gasteiger partial charge in [-0.15, -0.1) is 0 Å². The SMILES string of the molecule is COC(CN(c1ccc2c(c1)CC2)S(C)(=O)=O)OC. The Hall–Kier alpha value is -1.11. The van der Waals surface area contributed by atoms with E-state index in [0.29, 0.717) is 5.69 Å². The Bertz CT molecular complexity index is 552. The third kappa shape index (κ3) is 3.08. The summed E-state index contributed by atoms with van der Waals surface area (Å²) in [6.45, 7) is 0.143. The molecule has 0 radical (unpaired) electrons. The highest BCUT2D eigenvalue weighted by Crippen LogP contribution is 2.29. The monoisotopic (exact) mass is 285 g/mol. The van der Waals surface area contributed by atoms with Gasteiger partial charge in [0.15, 0.2) is 6.29 Å². The molecule has 0 heterocycles. The van der Waals surface area contributed by atoms with Gasteiger partial charge in [-0.1, -0.05) is 6.07 Å². The van der Waals surface area contributed by atoms with Crippen molar-refractivity contribution in [2.45, 2.75) is 19.1 Å². The molecule has 0 atom stereocenters. The molecule has 2 rings (SSSR count). The van der Waals surface area contributed by atoms with Crippen molar-refractivity contribution in [3.63, 3.8) is 0 Å².